The van der Waals surface area contributed by atoms with Crippen molar-refractivity contribution in [2.24, 2.45) is 5.92 Å². The minimum Gasteiger partial charge on any atom is -0.507 e. The Morgan fingerprint density at radius 3 is 2.35 bits per heavy atom. The van der Waals surface area contributed by atoms with Crippen LogP contribution in [0.15, 0.2) is 48.0 Å². The van der Waals surface area contributed by atoms with Crippen LogP contribution >= 0.6 is 0 Å². The first-order chi connectivity index (χ1) is 16.3. The number of likely N-dealkylation sites (tertiary alicyclic amines) is 1. The van der Waals surface area contributed by atoms with Gasteiger partial charge >= 0.3 is 0 Å². The fourth-order valence-electron chi connectivity index (χ4n) is 4.74. The molecular weight excluding hydrogens is 434 g/mol. The van der Waals surface area contributed by atoms with Crippen LogP contribution in [-0.4, -0.2) is 46.6 Å². The summed E-state index contributed by atoms with van der Waals surface area (Å²) in [5.41, 5.74) is 0.990. The SMILES string of the molecule is COc1ccc(C2/C(=C(/O)c3ccc(OCC(C)C)cc3)C(=O)C(=O)N2C2CCCC2)cc1O. The lowest BCUT2D eigenvalue weighted by molar-refractivity contribution is -0.141. The smallest absolute Gasteiger partial charge is 0.295 e. The molecule has 2 aliphatic rings. The maximum atomic E-state index is 13.2. The zero-order chi connectivity index (χ0) is 24.4. The van der Waals surface area contributed by atoms with Crippen LogP contribution in [0.3, 0.4) is 0 Å². The Morgan fingerprint density at radius 1 is 1.09 bits per heavy atom. The van der Waals surface area contributed by atoms with Crippen molar-refractivity contribution in [1.29, 1.82) is 0 Å². The van der Waals surface area contributed by atoms with Crippen molar-refractivity contribution in [3.8, 4) is 17.2 Å². The number of aliphatic hydroxyl groups is 1. The number of nitrogens with zero attached hydrogens (tertiary/aromatic N) is 1. The summed E-state index contributed by atoms with van der Waals surface area (Å²) in [6, 6.07) is 10.7. The molecule has 2 fully saturated rings. The van der Waals surface area contributed by atoms with Crippen LogP contribution in [0.4, 0.5) is 0 Å². The molecule has 0 radical (unpaired) electrons. The van der Waals surface area contributed by atoms with E-state index in [1.54, 1.807) is 41.3 Å². The summed E-state index contributed by atoms with van der Waals surface area (Å²) in [4.78, 5) is 27.9. The number of benzene rings is 2. The van der Waals surface area contributed by atoms with Crippen molar-refractivity contribution in [3.63, 3.8) is 0 Å². The van der Waals surface area contributed by atoms with Gasteiger partial charge in [0, 0.05) is 11.6 Å². The molecule has 0 aromatic heterocycles. The molecule has 1 saturated carbocycles. The first kappa shape index (κ1) is 23.7. The number of Topliss-reactive ketones (excluding diaryl/α,β-unsaturated/α-hetero) is 1. The number of rotatable bonds is 7. The van der Waals surface area contributed by atoms with E-state index >= 15 is 0 Å². The molecule has 4 rings (SSSR count). The second kappa shape index (κ2) is 9.79. The summed E-state index contributed by atoms with van der Waals surface area (Å²) >= 11 is 0. The van der Waals surface area contributed by atoms with Gasteiger partial charge in [0.2, 0.25) is 0 Å². The van der Waals surface area contributed by atoms with Gasteiger partial charge < -0.3 is 24.6 Å². The van der Waals surface area contributed by atoms with E-state index in [4.69, 9.17) is 9.47 Å². The van der Waals surface area contributed by atoms with E-state index in [1.165, 1.54) is 13.2 Å². The number of hydrogen-bond donors (Lipinski definition) is 2. The molecule has 2 N–H and O–H groups in total. The number of carbonyl (C=O) groups excluding carboxylic acids is 2. The van der Waals surface area contributed by atoms with Crippen LogP contribution in [0.2, 0.25) is 0 Å². The average Bonchev–Trinajstić information content (AvgIpc) is 3.44. The summed E-state index contributed by atoms with van der Waals surface area (Å²) in [6.45, 7) is 4.68. The Morgan fingerprint density at radius 2 is 1.76 bits per heavy atom. The highest BCUT2D eigenvalue weighted by Crippen LogP contribution is 2.45. The second-order valence-electron chi connectivity index (χ2n) is 9.31. The zero-order valence-corrected chi connectivity index (χ0v) is 19.8. The fraction of sp³-hybridized carbons (Fsp3) is 0.407. The summed E-state index contributed by atoms with van der Waals surface area (Å²) in [6.07, 6.45) is 3.55. The van der Waals surface area contributed by atoms with Gasteiger partial charge in [0.05, 0.1) is 25.3 Å². The molecule has 7 heteroatoms. The summed E-state index contributed by atoms with van der Waals surface area (Å²) in [5, 5.41) is 21.6. The molecule has 1 aliphatic heterocycles. The molecule has 34 heavy (non-hydrogen) atoms. The van der Waals surface area contributed by atoms with Gasteiger partial charge in [-0.15, -0.1) is 0 Å². The third kappa shape index (κ3) is 4.47. The zero-order valence-electron chi connectivity index (χ0n) is 19.8. The van der Waals surface area contributed by atoms with Crippen molar-refractivity contribution in [1.82, 2.24) is 4.90 Å². The number of methoxy groups -OCH3 is 1. The highest BCUT2D eigenvalue weighted by atomic mass is 16.5. The van der Waals surface area contributed by atoms with E-state index < -0.39 is 17.7 Å². The minimum absolute atomic E-state index is 0.0253. The molecule has 1 atom stereocenters. The number of carbonyl (C=O) groups is 2. The van der Waals surface area contributed by atoms with Crippen LogP contribution in [0.1, 0.15) is 56.7 Å². The summed E-state index contributed by atoms with van der Waals surface area (Å²) in [5.74, 6) is -0.346. The van der Waals surface area contributed by atoms with Crippen LogP contribution < -0.4 is 9.47 Å². The number of phenolic OH excluding ortho intramolecular Hbond substituents is 1. The van der Waals surface area contributed by atoms with Crippen molar-refractivity contribution < 1.29 is 29.3 Å². The topological polar surface area (TPSA) is 96.3 Å². The molecular formula is C27H31NO6. The van der Waals surface area contributed by atoms with E-state index in [-0.39, 0.29) is 23.1 Å². The average molecular weight is 466 g/mol. The van der Waals surface area contributed by atoms with E-state index in [0.29, 0.717) is 35.2 Å². The van der Waals surface area contributed by atoms with E-state index in [9.17, 15) is 19.8 Å². The van der Waals surface area contributed by atoms with Crippen LogP contribution in [0.25, 0.3) is 5.76 Å². The molecule has 1 heterocycles. The van der Waals surface area contributed by atoms with Crippen molar-refractivity contribution in [2.45, 2.75) is 51.6 Å². The van der Waals surface area contributed by atoms with Gasteiger partial charge in [-0.2, -0.15) is 0 Å². The summed E-state index contributed by atoms with van der Waals surface area (Å²) in [7, 11) is 1.45. The normalized spacial score (nSPS) is 20.4. The Balaban J connectivity index is 1.78. The monoisotopic (exact) mass is 465 g/mol. The molecule has 1 amide bonds. The van der Waals surface area contributed by atoms with Gasteiger partial charge in [0.15, 0.2) is 11.5 Å². The first-order valence-electron chi connectivity index (χ1n) is 11.7. The lowest BCUT2D eigenvalue weighted by Gasteiger charge is -2.31. The molecule has 7 nitrogen and oxygen atoms in total. The van der Waals surface area contributed by atoms with Crippen molar-refractivity contribution in [3.05, 3.63) is 59.2 Å². The molecule has 1 saturated heterocycles. The van der Waals surface area contributed by atoms with Crippen LogP contribution in [0.5, 0.6) is 17.2 Å². The van der Waals surface area contributed by atoms with E-state index in [2.05, 4.69) is 13.8 Å². The number of ether oxygens (including phenoxy) is 2. The van der Waals surface area contributed by atoms with Crippen molar-refractivity contribution in [2.75, 3.05) is 13.7 Å². The molecule has 180 valence electrons. The van der Waals surface area contributed by atoms with Gasteiger partial charge in [-0.1, -0.05) is 32.8 Å². The molecule has 0 bridgehead atoms. The quantitative estimate of drug-likeness (QED) is 0.346. The van der Waals surface area contributed by atoms with Gasteiger partial charge in [-0.3, -0.25) is 9.59 Å². The first-order valence-corrected chi connectivity index (χ1v) is 11.7. The van der Waals surface area contributed by atoms with Crippen molar-refractivity contribution >= 4 is 17.4 Å². The standard InChI is InChI=1S/C27H31NO6/c1-16(2)15-34-20-11-8-17(9-12-20)25(30)23-24(18-10-13-22(33-3)21(29)14-18)28(27(32)26(23)31)19-6-4-5-7-19/h8-14,16,19,24,29-30H,4-7,15H2,1-3H3/b25-23-. The molecule has 0 spiro atoms. The number of ketones is 1. The Labute approximate surface area is 199 Å². The molecule has 2 aromatic carbocycles. The van der Waals surface area contributed by atoms with Gasteiger partial charge in [0.25, 0.3) is 11.7 Å². The lowest BCUT2D eigenvalue weighted by Crippen LogP contribution is -2.37. The Kier molecular flexibility index (Phi) is 6.82. The summed E-state index contributed by atoms with van der Waals surface area (Å²) < 4.78 is 10.9. The predicted molar refractivity (Wildman–Crippen MR) is 128 cm³/mol. The highest BCUT2D eigenvalue weighted by molar-refractivity contribution is 6.46. The molecule has 2 aromatic rings. The predicted octanol–water partition coefficient (Wildman–Crippen LogP) is 4.80. The van der Waals surface area contributed by atoms with E-state index in [0.717, 1.165) is 25.7 Å². The number of phenols is 1. The van der Waals surface area contributed by atoms with Crippen LogP contribution in [-0.2, 0) is 9.59 Å². The number of amides is 1. The molecule has 1 aliphatic carbocycles. The maximum Gasteiger partial charge on any atom is 0.295 e. The van der Waals surface area contributed by atoms with Crippen LogP contribution in [0, 0.1) is 5.92 Å². The third-order valence-electron chi connectivity index (χ3n) is 6.43. The Bertz CT molecular complexity index is 1100. The lowest BCUT2D eigenvalue weighted by atomic mass is 9.94. The minimum atomic E-state index is -0.795. The number of hydrogen-bond acceptors (Lipinski definition) is 6. The van der Waals surface area contributed by atoms with E-state index in [1.807, 2.05) is 0 Å². The highest BCUT2D eigenvalue weighted by Gasteiger charge is 2.49. The van der Waals surface area contributed by atoms with Gasteiger partial charge in [0.1, 0.15) is 11.5 Å². The second-order valence-corrected chi connectivity index (χ2v) is 9.31. The third-order valence-corrected chi connectivity index (χ3v) is 6.43. The largest absolute Gasteiger partial charge is 0.507 e. The number of aromatic hydroxyl groups is 1. The Hall–Kier alpha value is -3.48. The molecule has 1 unspecified atom stereocenters. The fourth-order valence-corrected chi connectivity index (χ4v) is 4.74. The number of aliphatic hydroxyl groups excluding tert-OH is 1. The van der Waals surface area contributed by atoms with Gasteiger partial charge in [-0.25, -0.2) is 0 Å². The maximum absolute atomic E-state index is 13.2. The van der Waals surface area contributed by atoms with Gasteiger partial charge in [-0.05, 0) is 60.7 Å².